The van der Waals surface area contributed by atoms with E-state index >= 15 is 0 Å². The lowest BCUT2D eigenvalue weighted by molar-refractivity contribution is 0.0695. The summed E-state index contributed by atoms with van der Waals surface area (Å²) in [5.74, 6) is -1.17. The minimum Gasteiger partial charge on any atom is -0.478 e. The van der Waals surface area contributed by atoms with Crippen molar-refractivity contribution in [1.29, 1.82) is 0 Å². The Labute approximate surface area is 118 Å². The van der Waals surface area contributed by atoms with E-state index in [1.165, 1.54) is 25.1 Å². The van der Waals surface area contributed by atoms with Gasteiger partial charge in [-0.25, -0.2) is 17.9 Å². The predicted molar refractivity (Wildman–Crippen MR) is 74.2 cm³/mol. The smallest absolute Gasteiger partial charge is 0.335 e. The predicted octanol–water partition coefficient (Wildman–Crippen LogP) is 1.13. The van der Waals surface area contributed by atoms with E-state index in [0.29, 0.717) is 12.8 Å². The Kier molecular flexibility index (Phi) is 5.67. The highest BCUT2D eigenvalue weighted by molar-refractivity contribution is 7.89. The number of carbonyl (C=O) groups is 1. The van der Waals surface area contributed by atoms with Gasteiger partial charge in [0.1, 0.15) is 0 Å². The average molecular weight is 301 g/mol. The lowest BCUT2D eigenvalue weighted by Gasteiger charge is -2.12. The molecule has 0 radical (unpaired) electrons. The third-order valence-corrected chi connectivity index (χ3v) is 4.65. The van der Waals surface area contributed by atoms with Gasteiger partial charge in [-0.3, -0.25) is 0 Å². The van der Waals surface area contributed by atoms with Crippen LogP contribution in [0, 0.1) is 6.92 Å². The monoisotopic (exact) mass is 301 g/mol. The van der Waals surface area contributed by atoms with Crippen molar-refractivity contribution in [2.75, 3.05) is 6.54 Å². The summed E-state index contributed by atoms with van der Waals surface area (Å²) >= 11 is 0. The topological polar surface area (TPSA) is 104 Å². The van der Waals surface area contributed by atoms with E-state index in [2.05, 4.69) is 4.72 Å². The van der Waals surface area contributed by atoms with Crippen LogP contribution in [0.3, 0.4) is 0 Å². The van der Waals surface area contributed by atoms with E-state index in [0.717, 1.165) is 0 Å². The van der Waals surface area contributed by atoms with Crippen LogP contribution in [-0.2, 0) is 10.0 Å². The van der Waals surface area contributed by atoms with E-state index in [1.807, 2.05) is 0 Å². The molecule has 0 aliphatic rings. The van der Waals surface area contributed by atoms with E-state index in [4.69, 9.17) is 5.11 Å². The molecule has 6 nitrogen and oxygen atoms in total. The number of hydrogen-bond acceptors (Lipinski definition) is 4. The van der Waals surface area contributed by atoms with Crippen LogP contribution in [0.15, 0.2) is 23.1 Å². The van der Waals surface area contributed by atoms with Crippen molar-refractivity contribution in [3.8, 4) is 0 Å². The maximum Gasteiger partial charge on any atom is 0.335 e. The van der Waals surface area contributed by atoms with Gasteiger partial charge in [-0.2, -0.15) is 0 Å². The summed E-state index contributed by atoms with van der Waals surface area (Å²) < 4.78 is 26.6. The van der Waals surface area contributed by atoms with Crippen molar-refractivity contribution in [1.82, 2.24) is 4.72 Å². The highest BCUT2D eigenvalue weighted by atomic mass is 32.2. The number of carboxylic acid groups (broad SMARTS) is 1. The lowest BCUT2D eigenvalue weighted by Crippen LogP contribution is -2.28. The van der Waals surface area contributed by atoms with Crippen LogP contribution in [0.2, 0.25) is 0 Å². The number of sulfonamides is 1. The summed E-state index contributed by atoms with van der Waals surface area (Å²) in [6.45, 7) is 3.37. The maximum atomic E-state index is 12.1. The number of aliphatic hydroxyl groups is 1. The number of aliphatic hydroxyl groups excluding tert-OH is 1. The fourth-order valence-electron chi connectivity index (χ4n) is 1.78. The normalized spacial score (nSPS) is 13.2. The van der Waals surface area contributed by atoms with Gasteiger partial charge in [0, 0.05) is 6.54 Å². The zero-order chi connectivity index (χ0) is 15.3. The molecule has 0 saturated heterocycles. The molecule has 0 aromatic heterocycles. The fraction of sp³-hybridized carbons (Fsp3) is 0.462. The summed E-state index contributed by atoms with van der Waals surface area (Å²) in [6, 6.07) is 4.11. The molecular formula is C13H19NO5S. The average Bonchev–Trinajstić information content (AvgIpc) is 2.37. The van der Waals surface area contributed by atoms with Crippen molar-refractivity contribution in [2.45, 2.75) is 37.7 Å². The first-order chi connectivity index (χ1) is 9.29. The first-order valence-electron chi connectivity index (χ1n) is 6.30. The van der Waals surface area contributed by atoms with Crippen LogP contribution < -0.4 is 4.72 Å². The summed E-state index contributed by atoms with van der Waals surface area (Å²) in [5, 5.41) is 18.4. The second-order valence-electron chi connectivity index (χ2n) is 4.48. The van der Waals surface area contributed by atoms with E-state index in [9.17, 15) is 18.3 Å². The Bertz CT molecular complexity index is 582. The second kappa shape index (κ2) is 6.83. The van der Waals surface area contributed by atoms with Crippen LogP contribution in [-0.4, -0.2) is 37.2 Å². The molecule has 20 heavy (non-hydrogen) atoms. The number of carboxylic acids is 1. The van der Waals surface area contributed by atoms with Gasteiger partial charge in [0.2, 0.25) is 10.0 Å². The van der Waals surface area contributed by atoms with Gasteiger partial charge in [0.15, 0.2) is 0 Å². The van der Waals surface area contributed by atoms with Gasteiger partial charge in [-0.1, -0.05) is 13.0 Å². The van der Waals surface area contributed by atoms with E-state index in [1.54, 1.807) is 6.92 Å². The molecule has 1 rings (SSSR count). The van der Waals surface area contributed by atoms with Crippen LogP contribution in [0.5, 0.6) is 0 Å². The number of aromatic carboxylic acids is 1. The van der Waals surface area contributed by atoms with E-state index < -0.39 is 22.1 Å². The zero-order valence-electron chi connectivity index (χ0n) is 11.5. The standard InChI is InChI=1S/C13H19NO5S/c1-3-10(15)7-8-14-20(18,19)12-6-4-5-11(9(12)2)13(16)17/h4-6,10,14-15H,3,7-8H2,1-2H3,(H,16,17). The van der Waals surface area contributed by atoms with Gasteiger partial charge < -0.3 is 10.2 Å². The summed E-state index contributed by atoms with van der Waals surface area (Å²) in [5.41, 5.74) is 0.157. The molecule has 0 heterocycles. The van der Waals surface area contributed by atoms with Crippen LogP contribution in [0.25, 0.3) is 0 Å². The molecule has 0 fully saturated rings. The Morgan fingerprint density at radius 3 is 2.60 bits per heavy atom. The lowest BCUT2D eigenvalue weighted by atomic mass is 10.1. The molecule has 0 saturated carbocycles. The molecular weight excluding hydrogens is 282 g/mol. The molecule has 1 unspecified atom stereocenters. The molecule has 1 aromatic rings. The van der Waals surface area contributed by atoms with Gasteiger partial charge in [-0.05, 0) is 37.5 Å². The number of benzene rings is 1. The first kappa shape index (κ1) is 16.6. The Hall–Kier alpha value is -1.44. The van der Waals surface area contributed by atoms with Gasteiger partial charge in [-0.15, -0.1) is 0 Å². The minimum atomic E-state index is -3.78. The molecule has 3 N–H and O–H groups in total. The van der Waals surface area contributed by atoms with Crippen molar-refractivity contribution in [3.63, 3.8) is 0 Å². The number of rotatable bonds is 7. The summed E-state index contributed by atoms with van der Waals surface area (Å²) in [7, 11) is -3.78. The SMILES string of the molecule is CCC(O)CCNS(=O)(=O)c1cccc(C(=O)O)c1C. The summed E-state index contributed by atoms with van der Waals surface area (Å²) in [4.78, 5) is 10.9. The molecule has 7 heteroatoms. The Morgan fingerprint density at radius 2 is 2.05 bits per heavy atom. The quantitative estimate of drug-likeness (QED) is 0.700. The van der Waals surface area contributed by atoms with E-state index in [-0.39, 0.29) is 22.6 Å². The molecule has 1 aromatic carbocycles. The molecule has 112 valence electrons. The highest BCUT2D eigenvalue weighted by Crippen LogP contribution is 2.18. The van der Waals surface area contributed by atoms with Gasteiger partial charge in [0.05, 0.1) is 16.6 Å². The van der Waals surface area contributed by atoms with Crippen molar-refractivity contribution in [2.24, 2.45) is 0 Å². The number of hydrogen-bond donors (Lipinski definition) is 3. The third kappa shape index (κ3) is 4.03. The van der Waals surface area contributed by atoms with Crippen molar-refractivity contribution >= 4 is 16.0 Å². The highest BCUT2D eigenvalue weighted by Gasteiger charge is 2.20. The van der Waals surface area contributed by atoms with Crippen molar-refractivity contribution < 1.29 is 23.4 Å². The van der Waals surface area contributed by atoms with Gasteiger partial charge >= 0.3 is 5.97 Å². The van der Waals surface area contributed by atoms with Gasteiger partial charge in [0.25, 0.3) is 0 Å². The van der Waals surface area contributed by atoms with Crippen LogP contribution in [0.4, 0.5) is 0 Å². The zero-order valence-corrected chi connectivity index (χ0v) is 12.3. The molecule has 0 amide bonds. The first-order valence-corrected chi connectivity index (χ1v) is 7.78. The third-order valence-electron chi connectivity index (χ3n) is 3.04. The Morgan fingerprint density at radius 1 is 1.40 bits per heavy atom. The summed E-state index contributed by atoms with van der Waals surface area (Å²) in [6.07, 6.45) is 0.312. The minimum absolute atomic E-state index is 0.0403. The molecule has 1 atom stereocenters. The Balaban J connectivity index is 2.93. The second-order valence-corrected chi connectivity index (χ2v) is 6.22. The fourth-order valence-corrected chi connectivity index (χ4v) is 3.09. The maximum absolute atomic E-state index is 12.1. The molecule has 0 bridgehead atoms. The number of nitrogens with one attached hydrogen (secondary N) is 1. The van der Waals surface area contributed by atoms with Crippen molar-refractivity contribution in [3.05, 3.63) is 29.3 Å². The van der Waals surface area contributed by atoms with Crippen LogP contribution >= 0.6 is 0 Å². The largest absolute Gasteiger partial charge is 0.478 e. The van der Waals surface area contributed by atoms with Crippen LogP contribution in [0.1, 0.15) is 35.7 Å². The molecule has 0 aliphatic carbocycles. The molecule has 0 spiro atoms. The molecule has 0 aliphatic heterocycles.